The first-order chi connectivity index (χ1) is 7.29. The quantitative estimate of drug-likeness (QED) is 0.689. The molecule has 6 heteroatoms. The summed E-state index contributed by atoms with van der Waals surface area (Å²) in [6, 6.07) is 0. The molecule has 1 saturated heterocycles. The van der Waals surface area contributed by atoms with Crippen molar-refractivity contribution in [2.45, 2.75) is 20.3 Å². The molecule has 0 spiro atoms. The van der Waals surface area contributed by atoms with Crippen LogP contribution in [0.1, 0.15) is 20.3 Å². The van der Waals surface area contributed by atoms with E-state index in [0.29, 0.717) is 19.1 Å². The van der Waals surface area contributed by atoms with Gasteiger partial charge in [-0.3, -0.25) is 0 Å². The lowest BCUT2D eigenvalue weighted by molar-refractivity contribution is 0.0452. The van der Waals surface area contributed by atoms with Crippen LogP contribution in [0.25, 0.3) is 0 Å². The van der Waals surface area contributed by atoms with Crippen LogP contribution in [0.3, 0.4) is 0 Å². The normalized spacial score (nSPS) is 22.6. The van der Waals surface area contributed by atoms with Crippen molar-refractivity contribution in [1.29, 1.82) is 0 Å². The van der Waals surface area contributed by atoms with E-state index >= 15 is 0 Å². The summed E-state index contributed by atoms with van der Waals surface area (Å²) >= 11 is 0. The lowest BCUT2D eigenvalue weighted by Gasteiger charge is -2.23. The maximum Gasteiger partial charge on any atom is 0.233 e. The smallest absolute Gasteiger partial charge is 0.233 e. The summed E-state index contributed by atoms with van der Waals surface area (Å²) in [7, 11) is 1.76. The van der Waals surface area contributed by atoms with Crippen LogP contribution in [0.15, 0.2) is 0 Å². The molecule has 1 heterocycles. The fraction of sp³-hybridized carbons (Fsp3) is 1.00. The maximum absolute atomic E-state index is 11.0. The molecule has 0 aromatic rings. The minimum absolute atomic E-state index is 0.0667. The molecule has 1 unspecified atom stereocenters. The van der Waals surface area contributed by atoms with E-state index < -0.39 is 14.5 Å². The standard InChI is InChI=1S/C10H19ClO4S/c1-10(2,8-16(11,12)13)7-15-6-9-3-4-14-5-9/h9H,3-8H2,1-2H3. The van der Waals surface area contributed by atoms with E-state index in [1.807, 2.05) is 13.8 Å². The molecule has 16 heavy (non-hydrogen) atoms. The monoisotopic (exact) mass is 270 g/mol. The van der Waals surface area contributed by atoms with Crippen LogP contribution < -0.4 is 0 Å². The molecule has 1 aliphatic rings. The van der Waals surface area contributed by atoms with Crippen molar-refractivity contribution >= 4 is 19.7 Å². The molecular formula is C10H19ClO4S. The van der Waals surface area contributed by atoms with Gasteiger partial charge < -0.3 is 9.47 Å². The summed E-state index contributed by atoms with van der Waals surface area (Å²) in [6.07, 6.45) is 1.02. The van der Waals surface area contributed by atoms with Crippen molar-refractivity contribution in [3.05, 3.63) is 0 Å². The van der Waals surface area contributed by atoms with Gasteiger partial charge in [0.2, 0.25) is 9.05 Å². The van der Waals surface area contributed by atoms with E-state index in [4.69, 9.17) is 20.2 Å². The predicted octanol–water partition coefficient (Wildman–Crippen LogP) is 1.63. The van der Waals surface area contributed by atoms with E-state index in [-0.39, 0.29) is 5.75 Å². The Balaban J connectivity index is 2.24. The second-order valence-corrected chi connectivity index (χ2v) is 7.87. The van der Waals surface area contributed by atoms with E-state index in [9.17, 15) is 8.42 Å². The molecule has 0 saturated carbocycles. The summed E-state index contributed by atoms with van der Waals surface area (Å²) in [5.74, 6) is 0.381. The molecule has 0 aromatic carbocycles. The highest BCUT2D eigenvalue weighted by Crippen LogP contribution is 2.21. The van der Waals surface area contributed by atoms with Crippen LogP contribution >= 0.6 is 10.7 Å². The Hall–Kier alpha value is 0.160. The van der Waals surface area contributed by atoms with E-state index in [1.54, 1.807) is 0 Å². The second kappa shape index (κ2) is 5.67. The summed E-state index contributed by atoms with van der Waals surface area (Å²) in [4.78, 5) is 0. The maximum atomic E-state index is 11.0. The molecular weight excluding hydrogens is 252 g/mol. The minimum Gasteiger partial charge on any atom is -0.381 e. The van der Waals surface area contributed by atoms with Gasteiger partial charge in [0.15, 0.2) is 0 Å². The highest BCUT2D eigenvalue weighted by molar-refractivity contribution is 8.13. The number of hydrogen-bond acceptors (Lipinski definition) is 4. The van der Waals surface area contributed by atoms with Crippen LogP contribution in [-0.2, 0) is 18.5 Å². The highest BCUT2D eigenvalue weighted by atomic mass is 35.7. The van der Waals surface area contributed by atoms with Crippen molar-refractivity contribution in [3.8, 4) is 0 Å². The van der Waals surface area contributed by atoms with Crippen LogP contribution in [0, 0.1) is 11.3 Å². The Bertz CT molecular complexity index is 307. The van der Waals surface area contributed by atoms with Gasteiger partial charge >= 0.3 is 0 Å². The molecule has 1 fully saturated rings. The van der Waals surface area contributed by atoms with Gasteiger partial charge in [-0.15, -0.1) is 0 Å². The van der Waals surface area contributed by atoms with Crippen molar-refractivity contribution in [3.63, 3.8) is 0 Å². The molecule has 96 valence electrons. The van der Waals surface area contributed by atoms with Crippen LogP contribution in [-0.4, -0.2) is 40.6 Å². The first-order valence-electron chi connectivity index (χ1n) is 5.36. The summed E-state index contributed by atoms with van der Waals surface area (Å²) in [5, 5.41) is 0. The average Bonchev–Trinajstić information content (AvgIpc) is 2.51. The highest BCUT2D eigenvalue weighted by Gasteiger charge is 2.26. The molecule has 0 aromatic heterocycles. The summed E-state index contributed by atoms with van der Waals surface area (Å²) < 4.78 is 32.7. The third-order valence-corrected chi connectivity index (χ3v) is 3.89. The molecule has 1 rings (SSSR count). The lowest BCUT2D eigenvalue weighted by atomic mass is 9.98. The predicted molar refractivity (Wildman–Crippen MR) is 63.2 cm³/mol. The molecule has 0 bridgehead atoms. The molecule has 0 radical (unpaired) electrons. The third-order valence-electron chi connectivity index (χ3n) is 2.43. The first kappa shape index (κ1) is 14.2. The fourth-order valence-electron chi connectivity index (χ4n) is 1.73. The molecule has 0 amide bonds. The van der Waals surface area contributed by atoms with Gasteiger partial charge in [-0.25, -0.2) is 8.42 Å². The van der Waals surface area contributed by atoms with E-state index in [2.05, 4.69) is 0 Å². The molecule has 4 nitrogen and oxygen atoms in total. The Labute approximate surface area is 102 Å². The zero-order valence-electron chi connectivity index (χ0n) is 9.74. The van der Waals surface area contributed by atoms with Crippen molar-refractivity contribution in [2.24, 2.45) is 11.3 Å². The number of ether oxygens (including phenoxy) is 2. The average molecular weight is 271 g/mol. The van der Waals surface area contributed by atoms with Gasteiger partial charge in [0, 0.05) is 28.6 Å². The molecule has 0 aliphatic carbocycles. The first-order valence-corrected chi connectivity index (χ1v) is 7.84. The summed E-state index contributed by atoms with van der Waals surface area (Å²) in [5.41, 5.74) is -0.444. The molecule has 0 N–H and O–H groups in total. The third kappa shape index (κ3) is 6.03. The zero-order chi connectivity index (χ0) is 12.2. The van der Waals surface area contributed by atoms with Crippen molar-refractivity contribution < 1.29 is 17.9 Å². The topological polar surface area (TPSA) is 52.6 Å². The number of rotatable bonds is 6. The van der Waals surface area contributed by atoms with E-state index in [0.717, 1.165) is 19.6 Å². The van der Waals surface area contributed by atoms with Gasteiger partial charge in [0.05, 0.1) is 25.6 Å². The lowest BCUT2D eigenvalue weighted by Crippen LogP contribution is -2.28. The van der Waals surface area contributed by atoms with E-state index in [1.165, 1.54) is 0 Å². The number of halogens is 1. The zero-order valence-corrected chi connectivity index (χ0v) is 11.3. The fourth-order valence-corrected chi connectivity index (χ4v) is 3.63. The SMILES string of the molecule is CC(C)(COCC1CCOC1)CS(=O)(=O)Cl. The minimum atomic E-state index is -3.46. The second-order valence-electron chi connectivity index (χ2n) is 5.09. The molecule has 1 atom stereocenters. The Morgan fingerprint density at radius 3 is 2.69 bits per heavy atom. The van der Waals surface area contributed by atoms with Gasteiger partial charge in [-0.1, -0.05) is 13.8 Å². The van der Waals surface area contributed by atoms with Crippen LogP contribution in [0.4, 0.5) is 0 Å². The Morgan fingerprint density at radius 2 is 2.19 bits per heavy atom. The van der Waals surface area contributed by atoms with Crippen molar-refractivity contribution in [2.75, 3.05) is 32.2 Å². The van der Waals surface area contributed by atoms with Crippen molar-refractivity contribution in [1.82, 2.24) is 0 Å². The number of hydrogen-bond donors (Lipinski definition) is 0. The van der Waals surface area contributed by atoms with Gasteiger partial charge in [0.1, 0.15) is 0 Å². The molecule has 1 aliphatic heterocycles. The van der Waals surface area contributed by atoms with Gasteiger partial charge in [0.25, 0.3) is 0 Å². The Morgan fingerprint density at radius 1 is 1.50 bits per heavy atom. The Kier molecular flexibility index (Phi) is 5.04. The van der Waals surface area contributed by atoms with Gasteiger partial charge in [-0.05, 0) is 6.42 Å². The van der Waals surface area contributed by atoms with Crippen LogP contribution in [0.5, 0.6) is 0 Å². The van der Waals surface area contributed by atoms with Gasteiger partial charge in [-0.2, -0.15) is 0 Å². The van der Waals surface area contributed by atoms with Crippen LogP contribution in [0.2, 0.25) is 0 Å². The summed E-state index contributed by atoms with van der Waals surface area (Å²) in [6.45, 7) is 6.24. The largest absolute Gasteiger partial charge is 0.381 e.